The van der Waals surface area contributed by atoms with Gasteiger partial charge in [-0.1, -0.05) is 45.3 Å². The summed E-state index contributed by atoms with van der Waals surface area (Å²) in [6, 6.07) is 1.37. The van der Waals surface area contributed by atoms with Crippen LogP contribution in [-0.4, -0.2) is 43.6 Å². The minimum absolute atomic E-state index is 0.0173. The molecule has 23 heavy (non-hydrogen) atoms. The summed E-state index contributed by atoms with van der Waals surface area (Å²) < 4.78 is 5.67. The molecular formula is C20H36BNO. The van der Waals surface area contributed by atoms with Gasteiger partial charge in [-0.15, -0.1) is 0 Å². The monoisotopic (exact) mass is 317 g/mol. The first kappa shape index (κ1) is 17.8. The lowest BCUT2D eigenvalue weighted by molar-refractivity contribution is -0.141. The van der Waals surface area contributed by atoms with Crippen LogP contribution in [0.15, 0.2) is 0 Å². The number of ether oxygens (including phenoxy) is 1. The molecule has 0 N–H and O–H groups in total. The SMILES string of the molecule is [B]C1(C(C)C)CCCCC2C(CC1C)CC1(COC1)N2C(C)C. The first-order chi connectivity index (χ1) is 10.8. The molecule has 3 fully saturated rings. The van der Waals surface area contributed by atoms with Crippen LogP contribution < -0.4 is 0 Å². The lowest BCUT2D eigenvalue weighted by Crippen LogP contribution is -2.62. The Morgan fingerprint density at radius 2 is 1.83 bits per heavy atom. The Morgan fingerprint density at radius 1 is 1.13 bits per heavy atom. The highest BCUT2D eigenvalue weighted by Crippen LogP contribution is 2.54. The van der Waals surface area contributed by atoms with Crippen molar-refractivity contribution in [2.24, 2.45) is 17.8 Å². The third kappa shape index (κ3) is 2.90. The second-order valence-corrected chi connectivity index (χ2v) is 9.40. The number of rotatable bonds is 2. The summed E-state index contributed by atoms with van der Waals surface area (Å²) in [6.45, 7) is 13.7. The molecule has 1 saturated carbocycles. The van der Waals surface area contributed by atoms with E-state index in [1.165, 1.54) is 38.5 Å². The predicted octanol–water partition coefficient (Wildman–Crippen LogP) is 4.44. The summed E-state index contributed by atoms with van der Waals surface area (Å²) in [5.41, 5.74) is 0.345. The molecule has 0 bridgehead atoms. The molecule has 4 atom stereocenters. The molecular weight excluding hydrogens is 281 g/mol. The summed E-state index contributed by atoms with van der Waals surface area (Å²) in [7, 11) is 6.94. The maximum atomic E-state index is 6.94. The van der Waals surface area contributed by atoms with Crippen LogP contribution >= 0.6 is 0 Å². The van der Waals surface area contributed by atoms with Crippen molar-refractivity contribution < 1.29 is 4.74 Å². The first-order valence-corrected chi connectivity index (χ1v) is 9.95. The molecule has 3 heteroatoms. The van der Waals surface area contributed by atoms with E-state index in [1.807, 2.05) is 0 Å². The quantitative estimate of drug-likeness (QED) is 0.698. The molecule has 3 aliphatic rings. The Labute approximate surface area is 145 Å². The van der Waals surface area contributed by atoms with E-state index < -0.39 is 0 Å². The highest BCUT2D eigenvalue weighted by molar-refractivity contribution is 6.15. The fourth-order valence-electron chi connectivity index (χ4n) is 6.02. The minimum atomic E-state index is 0.0173. The Bertz CT molecular complexity index is 420. The Kier molecular flexibility index (Phi) is 4.93. The van der Waals surface area contributed by atoms with Crippen LogP contribution in [0.2, 0.25) is 5.31 Å². The van der Waals surface area contributed by atoms with Crippen molar-refractivity contribution in [2.45, 2.75) is 96.1 Å². The van der Waals surface area contributed by atoms with Crippen LogP contribution in [0.4, 0.5) is 0 Å². The van der Waals surface area contributed by atoms with Crippen molar-refractivity contribution in [1.82, 2.24) is 4.90 Å². The highest BCUT2D eigenvalue weighted by atomic mass is 16.5. The highest BCUT2D eigenvalue weighted by Gasteiger charge is 2.56. The lowest BCUT2D eigenvalue weighted by Gasteiger charge is -2.49. The molecule has 1 spiro atoms. The normalized spacial score (nSPS) is 41.4. The fraction of sp³-hybridized carbons (Fsp3) is 1.00. The van der Waals surface area contributed by atoms with Gasteiger partial charge in [0.15, 0.2) is 0 Å². The molecule has 130 valence electrons. The summed E-state index contributed by atoms with van der Waals surface area (Å²) in [5.74, 6) is 1.98. The Balaban J connectivity index is 1.85. The van der Waals surface area contributed by atoms with Gasteiger partial charge in [-0.05, 0) is 50.9 Å². The molecule has 1 aliphatic carbocycles. The van der Waals surface area contributed by atoms with E-state index in [2.05, 4.69) is 39.5 Å². The molecule has 3 rings (SSSR count). The largest absolute Gasteiger partial charge is 0.377 e. The first-order valence-electron chi connectivity index (χ1n) is 9.95. The van der Waals surface area contributed by atoms with Crippen molar-refractivity contribution >= 4 is 7.85 Å². The Hall–Kier alpha value is -0.0151. The van der Waals surface area contributed by atoms with E-state index >= 15 is 0 Å². The van der Waals surface area contributed by atoms with Crippen LogP contribution in [0.3, 0.4) is 0 Å². The number of nitrogens with zero attached hydrogens (tertiary/aromatic N) is 1. The van der Waals surface area contributed by atoms with Crippen molar-refractivity contribution in [3.05, 3.63) is 0 Å². The summed E-state index contributed by atoms with van der Waals surface area (Å²) in [5, 5.41) is 0.0173. The molecule has 0 aromatic rings. The third-order valence-corrected chi connectivity index (χ3v) is 7.40. The molecule has 2 radical (unpaired) electrons. The van der Waals surface area contributed by atoms with E-state index in [-0.39, 0.29) is 5.31 Å². The number of hydrogen-bond donors (Lipinski definition) is 0. The molecule has 0 aromatic carbocycles. The second-order valence-electron chi connectivity index (χ2n) is 9.40. The zero-order valence-corrected chi connectivity index (χ0v) is 16.0. The standard InChI is InChI=1S/C20H36BNO/c1-14(2)20(21)9-7-6-8-18-17(10-16(20)5)11-19(12-23-13-19)22(18)15(3)4/h14-18H,6-13H2,1-5H3. The zero-order valence-electron chi connectivity index (χ0n) is 16.0. The molecule has 0 amide bonds. The van der Waals surface area contributed by atoms with Gasteiger partial charge in [0.1, 0.15) is 0 Å². The van der Waals surface area contributed by atoms with Crippen LogP contribution in [0.5, 0.6) is 0 Å². The van der Waals surface area contributed by atoms with Gasteiger partial charge in [-0.25, -0.2) is 0 Å². The van der Waals surface area contributed by atoms with Gasteiger partial charge < -0.3 is 4.74 Å². The van der Waals surface area contributed by atoms with Gasteiger partial charge in [0, 0.05) is 12.1 Å². The van der Waals surface area contributed by atoms with E-state index in [4.69, 9.17) is 12.6 Å². The lowest BCUT2D eigenvalue weighted by atomic mass is 9.52. The zero-order chi connectivity index (χ0) is 16.8. The summed E-state index contributed by atoms with van der Waals surface area (Å²) in [6.07, 6.45) is 7.79. The number of fused-ring (bicyclic) bond motifs is 1. The second kappa shape index (κ2) is 6.37. The molecule has 2 aliphatic heterocycles. The van der Waals surface area contributed by atoms with Crippen LogP contribution in [0, 0.1) is 17.8 Å². The van der Waals surface area contributed by atoms with Crippen molar-refractivity contribution in [3.63, 3.8) is 0 Å². The maximum absolute atomic E-state index is 6.94. The molecule has 4 unspecified atom stereocenters. The fourth-order valence-corrected chi connectivity index (χ4v) is 6.02. The maximum Gasteiger partial charge on any atom is 0.0753 e. The number of hydrogen-bond acceptors (Lipinski definition) is 2. The summed E-state index contributed by atoms with van der Waals surface area (Å²) in [4.78, 5) is 2.84. The predicted molar refractivity (Wildman–Crippen MR) is 98.0 cm³/mol. The molecule has 2 saturated heterocycles. The van der Waals surface area contributed by atoms with E-state index in [0.29, 0.717) is 23.4 Å². The van der Waals surface area contributed by atoms with Crippen LogP contribution in [0.25, 0.3) is 0 Å². The van der Waals surface area contributed by atoms with Gasteiger partial charge in [0.2, 0.25) is 0 Å². The average Bonchev–Trinajstić information content (AvgIpc) is 2.78. The van der Waals surface area contributed by atoms with Gasteiger partial charge in [-0.3, -0.25) is 4.90 Å². The minimum Gasteiger partial charge on any atom is -0.377 e. The van der Waals surface area contributed by atoms with Crippen LogP contribution in [-0.2, 0) is 4.74 Å². The van der Waals surface area contributed by atoms with E-state index in [9.17, 15) is 0 Å². The number of likely N-dealkylation sites (tertiary alicyclic amines) is 1. The third-order valence-electron chi connectivity index (χ3n) is 7.40. The van der Waals surface area contributed by atoms with Crippen molar-refractivity contribution in [3.8, 4) is 0 Å². The smallest absolute Gasteiger partial charge is 0.0753 e. The van der Waals surface area contributed by atoms with E-state index in [1.54, 1.807) is 0 Å². The molecule has 0 aromatic heterocycles. The molecule has 2 nitrogen and oxygen atoms in total. The molecule has 2 heterocycles. The van der Waals surface area contributed by atoms with Crippen molar-refractivity contribution in [2.75, 3.05) is 13.2 Å². The Morgan fingerprint density at radius 3 is 2.35 bits per heavy atom. The van der Waals surface area contributed by atoms with Gasteiger partial charge in [-0.2, -0.15) is 0 Å². The van der Waals surface area contributed by atoms with Crippen molar-refractivity contribution in [1.29, 1.82) is 0 Å². The summed E-state index contributed by atoms with van der Waals surface area (Å²) >= 11 is 0. The van der Waals surface area contributed by atoms with E-state index in [0.717, 1.165) is 25.2 Å². The van der Waals surface area contributed by atoms with Gasteiger partial charge in [0.25, 0.3) is 0 Å². The average molecular weight is 317 g/mol. The topological polar surface area (TPSA) is 12.5 Å². The van der Waals surface area contributed by atoms with Crippen LogP contribution in [0.1, 0.15) is 73.1 Å². The van der Waals surface area contributed by atoms with Gasteiger partial charge >= 0.3 is 0 Å². The van der Waals surface area contributed by atoms with Gasteiger partial charge in [0.05, 0.1) is 26.6 Å².